The van der Waals surface area contributed by atoms with Crippen LogP contribution in [0.15, 0.2) is 54.6 Å². The van der Waals surface area contributed by atoms with Crippen molar-refractivity contribution in [1.29, 1.82) is 0 Å². The summed E-state index contributed by atoms with van der Waals surface area (Å²) in [5.74, 6) is 1.88. The Labute approximate surface area is 160 Å². The van der Waals surface area contributed by atoms with E-state index in [1.54, 1.807) is 24.3 Å². The average Bonchev–Trinajstić information content (AvgIpc) is 2.68. The van der Waals surface area contributed by atoms with E-state index in [9.17, 15) is 0 Å². The molecule has 1 fully saturated rings. The summed E-state index contributed by atoms with van der Waals surface area (Å²) in [5.41, 5.74) is 11.0. The average molecular weight is 361 g/mol. The summed E-state index contributed by atoms with van der Waals surface area (Å²) in [7, 11) is 2.23. The first-order chi connectivity index (χ1) is 13.1. The van der Waals surface area contributed by atoms with Gasteiger partial charge in [-0.05, 0) is 68.5 Å². The summed E-state index contributed by atoms with van der Waals surface area (Å²) in [6.45, 7) is 2.43. The van der Waals surface area contributed by atoms with Crippen LogP contribution in [0.2, 0.25) is 0 Å². The Hall–Kier alpha value is -2.59. The highest BCUT2D eigenvalue weighted by molar-refractivity contribution is 5.92. The number of nitrogens with zero attached hydrogens (tertiary/aromatic N) is 2. The van der Waals surface area contributed by atoms with E-state index in [-0.39, 0.29) is 0 Å². The molecule has 140 valence electrons. The highest BCUT2D eigenvalue weighted by Crippen LogP contribution is 2.39. The predicted molar refractivity (Wildman–Crippen MR) is 111 cm³/mol. The van der Waals surface area contributed by atoms with Crippen molar-refractivity contribution in [3.8, 4) is 5.75 Å². The van der Waals surface area contributed by atoms with Crippen LogP contribution in [0.1, 0.15) is 17.7 Å². The number of pyridine rings is 1. The third-order valence-corrected chi connectivity index (χ3v) is 5.90. The molecule has 2 aromatic carbocycles. The van der Waals surface area contributed by atoms with E-state index in [0.29, 0.717) is 5.75 Å². The molecule has 4 nitrogen and oxygen atoms in total. The van der Waals surface area contributed by atoms with E-state index in [1.165, 1.54) is 30.8 Å². The van der Waals surface area contributed by atoms with Gasteiger partial charge in [0.05, 0.1) is 5.52 Å². The summed E-state index contributed by atoms with van der Waals surface area (Å²) in [5, 5.41) is 9.75. The standard InChI is InChI=1S/C17H21N3.C6H6O/c1-20-7-6-11-9-16-14(8-12(11)10-20)17(18)13-4-2-3-5-15(13)19-16;7-6-4-2-1-3-5-6/h2-5,11-12H,6-10H2,1H3,(H2,18,19);1-5,7H. The van der Waals surface area contributed by atoms with E-state index in [4.69, 9.17) is 15.8 Å². The van der Waals surface area contributed by atoms with E-state index in [2.05, 4.69) is 24.1 Å². The zero-order valence-corrected chi connectivity index (χ0v) is 15.8. The molecule has 1 saturated heterocycles. The molecule has 3 N–H and O–H groups in total. The zero-order valence-electron chi connectivity index (χ0n) is 15.8. The van der Waals surface area contributed by atoms with Crippen molar-refractivity contribution in [3.05, 3.63) is 65.9 Å². The number of benzene rings is 2. The summed E-state index contributed by atoms with van der Waals surface area (Å²) in [4.78, 5) is 7.35. The number of aromatic nitrogens is 1. The molecule has 0 radical (unpaired) electrons. The number of phenolic OH excluding ortho intramolecular Hbond substituents is 1. The number of phenols is 1. The van der Waals surface area contributed by atoms with Crippen molar-refractivity contribution in [2.24, 2.45) is 11.8 Å². The van der Waals surface area contributed by atoms with Gasteiger partial charge in [-0.3, -0.25) is 4.98 Å². The van der Waals surface area contributed by atoms with Gasteiger partial charge < -0.3 is 15.7 Å². The van der Waals surface area contributed by atoms with E-state index in [1.807, 2.05) is 18.2 Å². The van der Waals surface area contributed by atoms with Gasteiger partial charge in [-0.25, -0.2) is 0 Å². The Morgan fingerprint density at radius 3 is 2.48 bits per heavy atom. The topological polar surface area (TPSA) is 62.4 Å². The van der Waals surface area contributed by atoms with Gasteiger partial charge in [-0.2, -0.15) is 0 Å². The van der Waals surface area contributed by atoms with E-state index >= 15 is 0 Å². The largest absolute Gasteiger partial charge is 0.508 e. The van der Waals surface area contributed by atoms with Crippen LogP contribution >= 0.6 is 0 Å². The monoisotopic (exact) mass is 361 g/mol. The first kappa shape index (κ1) is 17.8. The molecule has 0 bridgehead atoms. The number of nitrogen functional groups attached to an aromatic ring is 1. The van der Waals surface area contributed by atoms with Crippen molar-refractivity contribution < 1.29 is 5.11 Å². The third kappa shape index (κ3) is 3.76. The maximum absolute atomic E-state index is 8.63. The van der Waals surface area contributed by atoms with Crippen molar-refractivity contribution in [3.63, 3.8) is 0 Å². The quantitative estimate of drug-likeness (QED) is 0.638. The molecule has 0 amide bonds. The van der Waals surface area contributed by atoms with Gasteiger partial charge in [0.25, 0.3) is 0 Å². The first-order valence-electron chi connectivity index (χ1n) is 9.70. The van der Waals surface area contributed by atoms with Crippen LogP contribution in [0.4, 0.5) is 5.69 Å². The van der Waals surface area contributed by atoms with Crippen LogP contribution in [-0.2, 0) is 12.8 Å². The van der Waals surface area contributed by atoms with Crippen LogP contribution in [0.5, 0.6) is 5.75 Å². The second-order valence-electron chi connectivity index (χ2n) is 7.78. The van der Waals surface area contributed by atoms with E-state index in [0.717, 1.165) is 41.3 Å². The fourth-order valence-corrected chi connectivity index (χ4v) is 4.43. The molecular weight excluding hydrogens is 334 g/mol. The van der Waals surface area contributed by atoms with Gasteiger partial charge >= 0.3 is 0 Å². The summed E-state index contributed by atoms with van der Waals surface area (Å²) >= 11 is 0. The third-order valence-electron chi connectivity index (χ3n) is 5.90. The second kappa shape index (κ2) is 7.57. The van der Waals surface area contributed by atoms with Crippen LogP contribution in [-0.4, -0.2) is 35.1 Å². The molecule has 1 aliphatic heterocycles. The molecule has 2 atom stereocenters. The lowest BCUT2D eigenvalue weighted by molar-refractivity contribution is 0.133. The number of fused-ring (bicyclic) bond motifs is 3. The maximum Gasteiger partial charge on any atom is 0.115 e. The molecule has 1 aromatic heterocycles. The Morgan fingerprint density at radius 2 is 1.74 bits per heavy atom. The first-order valence-corrected chi connectivity index (χ1v) is 9.70. The fraction of sp³-hybridized carbons (Fsp3) is 0.348. The highest BCUT2D eigenvalue weighted by atomic mass is 16.3. The minimum Gasteiger partial charge on any atom is -0.508 e. The lowest BCUT2D eigenvalue weighted by atomic mass is 9.73. The SMILES string of the molecule is CN1CCC2Cc3nc4ccccc4c(N)c3CC2C1.Oc1ccccc1. The van der Waals surface area contributed by atoms with Gasteiger partial charge in [-0.1, -0.05) is 36.4 Å². The Kier molecular flexibility index (Phi) is 4.99. The number of para-hydroxylation sites is 2. The normalized spacial score (nSPS) is 21.7. The molecule has 0 spiro atoms. The van der Waals surface area contributed by atoms with E-state index < -0.39 is 0 Å². The van der Waals surface area contributed by atoms with Gasteiger partial charge in [0.15, 0.2) is 0 Å². The fourth-order valence-electron chi connectivity index (χ4n) is 4.43. The number of aromatic hydroxyl groups is 1. The molecule has 1 aliphatic carbocycles. The molecule has 4 heteroatoms. The van der Waals surface area contributed by atoms with Crippen LogP contribution in [0.25, 0.3) is 10.9 Å². The summed E-state index contributed by atoms with van der Waals surface area (Å²) < 4.78 is 0. The smallest absolute Gasteiger partial charge is 0.115 e. The minimum atomic E-state index is 0.322. The number of piperidine rings is 1. The van der Waals surface area contributed by atoms with Crippen molar-refractivity contribution in [2.75, 3.05) is 25.9 Å². The second-order valence-corrected chi connectivity index (χ2v) is 7.78. The molecule has 5 rings (SSSR count). The van der Waals surface area contributed by atoms with Gasteiger partial charge in [-0.15, -0.1) is 0 Å². The number of rotatable bonds is 0. The molecule has 2 unspecified atom stereocenters. The number of nitrogens with two attached hydrogens (primary N) is 1. The number of hydrogen-bond acceptors (Lipinski definition) is 4. The van der Waals surface area contributed by atoms with Gasteiger partial charge in [0.2, 0.25) is 0 Å². The Bertz CT molecular complexity index is 926. The van der Waals surface area contributed by atoms with Crippen molar-refractivity contribution >= 4 is 16.6 Å². The van der Waals surface area contributed by atoms with Crippen molar-refractivity contribution in [1.82, 2.24) is 9.88 Å². The Balaban J connectivity index is 0.000000218. The highest BCUT2D eigenvalue weighted by Gasteiger charge is 2.34. The predicted octanol–water partition coefficient (Wildman–Crippen LogP) is 3.88. The molecule has 2 heterocycles. The lowest BCUT2D eigenvalue weighted by Gasteiger charge is -2.40. The van der Waals surface area contributed by atoms with Crippen LogP contribution < -0.4 is 5.73 Å². The van der Waals surface area contributed by atoms with Crippen LogP contribution in [0.3, 0.4) is 0 Å². The molecule has 27 heavy (non-hydrogen) atoms. The van der Waals surface area contributed by atoms with Gasteiger partial charge in [0.1, 0.15) is 5.75 Å². The summed E-state index contributed by atoms with van der Waals surface area (Å²) in [6.07, 6.45) is 3.52. The zero-order chi connectivity index (χ0) is 18.8. The van der Waals surface area contributed by atoms with Crippen molar-refractivity contribution in [2.45, 2.75) is 19.3 Å². The molecular formula is C23H27N3O. The lowest BCUT2D eigenvalue weighted by Crippen LogP contribution is -2.42. The maximum atomic E-state index is 8.63. The molecule has 3 aromatic rings. The molecule has 2 aliphatic rings. The Morgan fingerprint density at radius 1 is 1.00 bits per heavy atom. The van der Waals surface area contributed by atoms with Gasteiger partial charge in [0, 0.05) is 23.3 Å². The number of anilines is 1. The molecule has 0 saturated carbocycles. The number of likely N-dealkylation sites (tertiary alicyclic amines) is 1. The minimum absolute atomic E-state index is 0.322. The van der Waals surface area contributed by atoms with Crippen LogP contribution in [0, 0.1) is 11.8 Å². The number of hydrogen-bond donors (Lipinski definition) is 2. The summed E-state index contributed by atoms with van der Waals surface area (Å²) in [6, 6.07) is 17.0.